The van der Waals surface area contributed by atoms with Gasteiger partial charge in [-0.05, 0) is 21.5 Å². The summed E-state index contributed by atoms with van der Waals surface area (Å²) in [7, 11) is 2.84. The minimum Gasteiger partial charge on any atom is -0.502 e. The number of aromatic hydroxyl groups is 1. The lowest BCUT2D eigenvalue weighted by molar-refractivity contribution is 0.0835. The van der Waals surface area contributed by atoms with E-state index in [1.165, 1.54) is 14.2 Å². The number of hydrogen-bond acceptors (Lipinski definition) is 5. The third kappa shape index (κ3) is 2.84. The van der Waals surface area contributed by atoms with Crippen molar-refractivity contribution >= 4 is 53.6 Å². The number of ketones is 1. The molecule has 0 radical (unpaired) electrons. The molecule has 1 heterocycles. The Labute approximate surface area is 169 Å². The number of phenols is 1. The molecule has 8 heteroatoms. The highest BCUT2D eigenvalue weighted by atomic mass is 79.9. The topological polar surface area (TPSA) is 65.0 Å². The van der Waals surface area contributed by atoms with Crippen LogP contribution in [0.1, 0.15) is 22.0 Å². The molecule has 0 spiro atoms. The van der Waals surface area contributed by atoms with Crippen molar-refractivity contribution in [2.75, 3.05) is 14.2 Å². The first kappa shape index (κ1) is 18.5. The number of alkyl halides is 2. The van der Waals surface area contributed by atoms with Crippen molar-refractivity contribution in [3.05, 3.63) is 45.9 Å². The number of halogens is 3. The van der Waals surface area contributed by atoms with Gasteiger partial charge in [0.25, 0.3) is 0 Å². The van der Waals surface area contributed by atoms with Gasteiger partial charge in [-0.2, -0.15) is 0 Å². The summed E-state index contributed by atoms with van der Waals surface area (Å²) in [6.07, 6.45) is -0.713. The average molecular weight is 537 g/mol. The molecule has 5 nitrogen and oxygen atoms in total. The van der Waals surface area contributed by atoms with Gasteiger partial charge in [0.05, 0.1) is 14.2 Å². The number of ether oxygens (including phenoxy) is 3. The van der Waals surface area contributed by atoms with E-state index in [-0.39, 0.29) is 34.3 Å². The molecule has 0 saturated heterocycles. The van der Waals surface area contributed by atoms with E-state index in [4.69, 9.17) is 14.2 Å². The van der Waals surface area contributed by atoms with Crippen molar-refractivity contribution in [2.45, 2.75) is 9.34 Å². The normalized spacial score (nSPS) is 18.3. The fourth-order valence-corrected chi connectivity index (χ4v) is 4.54. The van der Waals surface area contributed by atoms with E-state index >= 15 is 0 Å². The second-order valence-electron chi connectivity index (χ2n) is 5.29. The van der Waals surface area contributed by atoms with Crippen LogP contribution in [0.4, 0.5) is 0 Å². The molecule has 0 fully saturated rings. The van der Waals surface area contributed by atoms with Gasteiger partial charge in [-0.15, -0.1) is 0 Å². The summed E-state index contributed by atoms with van der Waals surface area (Å²) in [5, 5.41) is 10.6. The van der Waals surface area contributed by atoms with Crippen molar-refractivity contribution in [1.82, 2.24) is 0 Å². The molecule has 2 aromatic carbocycles. The minimum atomic E-state index is -1.22. The number of hydrogen-bond donors (Lipinski definition) is 1. The Balaban J connectivity index is 2.28. The Morgan fingerprint density at radius 3 is 2.28 bits per heavy atom. The molecule has 0 amide bonds. The Bertz CT molecular complexity index is 836. The molecule has 0 bridgehead atoms. The van der Waals surface area contributed by atoms with Crippen LogP contribution in [-0.4, -0.2) is 28.3 Å². The van der Waals surface area contributed by atoms with Gasteiger partial charge < -0.3 is 19.3 Å². The molecular weight excluding hydrogens is 524 g/mol. The zero-order valence-electron chi connectivity index (χ0n) is 13.2. The van der Waals surface area contributed by atoms with E-state index in [0.29, 0.717) is 4.47 Å². The number of carbonyl (C=O) groups is 1. The van der Waals surface area contributed by atoms with Gasteiger partial charge >= 0.3 is 0 Å². The first-order valence-electron chi connectivity index (χ1n) is 7.15. The van der Waals surface area contributed by atoms with E-state index in [0.717, 1.165) is 5.56 Å². The van der Waals surface area contributed by atoms with Crippen LogP contribution in [0.5, 0.6) is 23.0 Å². The summed E-state index contributed by atoms with van der Waals surface area (Å²) in [5.41, 5.74) is 0.879. The van der Waals surface area contributed by atoms with Gasteiger partial charge in [0.2, 0.25) is 11.5 Å². The number of carbonyl (C=O) groups excluding carboxylic acids is 1. The molecule has 1 atom stereocenters. The second kappa shape index (κ2) is 6.81. The van der Waals surface area contributed by atoms with Gasteiger partial charge in [0.1, 0.15) is 10.0 Å². The number of Topliss-reactive ketones (excluding diaryl/α,β-unsaturated/α-hetero) is 1. The zero-order valence-corrected chi connectivity index (χ0v) is 17.9. The van der Waals surface area contributed by atoms with Crippen LogP contribution in [0.25, 0.3) is 0 Å². The average Bonchev–Trinajstić information content (AvgIpc) is 2.60. The third-order valence-corrected chi connectivity index (χ3v) is 6.16. The monoisotopic (exact) mass is 534 g/mol. The highest BCUT2D eigenvalue weighted by Gasteiger charge is 2.52. The number of fused-ring (bicyclic) bond motifs is 1. The lowest BCUT2D eigenvalue weighted by Gasteiger charge is -2.36. The number of methoxy groups -OCH3 is 2. The summed E-state index contributed by atoms with van der Waals surface area (Å²) in [6, 6.07) is 9.23. The molecule has 0 aliphatic carbocycles. The summed E-state index contributed by atoms with van der Waals surface area (Å²) < 4.78 is 15.7. The Hall–Kier alpha value is -1.25. The lowest BCUT2D eigenvalue weighted by Crippen LogP contribution is -2.40. The zero-order chi connectivity index (χ0) is 18.4. The van der Waals surface area contributed by atoms with E-state index in [1.54, 1.807) is 0 Å². The molecule has 132 valence electrons. The van der Waals surface area contributed by atoms with Crippen LogP contribution in [0.15, 0.2) is 34.8 Å². The summed E-state index contributed by atoms with van der Waals surface area (Å²) in [5.74, 6) is -0.227. The number of benzene rings is 2. The Morgan fingerprint density at radius 1 is 1.12 bits per heavy atom. The minimum absolute atomic E-state index is 0.0188. The predicted molar refractivity (Wildman–Crippen MR) is 104 cm³/mol. The lowest BCUT2D eigenvalue weighted by atomic mass is 9.94. The first-order chi connectivity index (χ1) is 11.8. The smallest absolute Gasteiger partial charge is 0.203 e. The van der Waals surface area contributed by atoms with Crippen LogP contribution >= 0.6 is 47.8 Å². The van der Waals surface area contributed by atoms with Crippen LogP contribution in [0.2, 0.25) is 0 Å². The summed E-state index contributed by atoms with van der Waals surface area (Å²) in [4.78, 5) is 13.2. The number of phenolic OH excluding ortho intramolecular Hbond substituents is 1. The quantitative estimate of drug-likeness (QED) is 0.561. The molecule has 0 aromatic heterocycles. The highest BCUT2D eigenvalue weighted by Crippen LogP contribution is 2.59. The molecule has 0 saturated carbocycles. The fraction of sp³-hybridized carbons (Fsp3) is 0.235. The van der Waals surface area contributed by atoms with Gasteiger partial charge in [-0.25, -0.2) is 0 Å². The molecule has 2 aromatic rings. The fourth-order valence-electron chi connectivity index (χ4n) is 2.72. The maximum atomic E-state index is 13.2. The van der Waals surface area contributed by atoms with Gasteiger partial charge in [0, 0.05) is 0 Å². The SMILES string of the molecule is COc1c(O)c2c(c(OC)c1Br)C(=O)C(Br)(Br)[C@H](c1ccccc1)O2. The third-order valence-electron chi connectivity index (χ3n) is 3.89. The maximum absolute atomic E-state index is 13.2. The summed E-state index contributed by atoms with van der Waals surface area (Å²) >= 11 is 10.2. The van der Waals surface area contributed by atoms with Gasteiger partial charge in [0.15, 0.2) is 26.6 Å². The molecule has 1 aliphatic heterocycles. The Morgan fingerprint density at radius 2 is 1.72 bits per heavy atom. The van der Waals surface area contributed by atoms with E-state index < -0.39 is 9.34 Å². The summed E-state index contributed by atoms with van der Waals surface area (Å²) in [6.45, 7) is 0. The highest BCUT2D eigenvalue weighted by molar-refractivity contribution is 9.26. The first-order valence-corrected chi connectivity index (χ1v) is 9.53. The number of rotatable bonds is 3. The Kier molecular flexibility index (Phi) is 5.05. The van der Waals surface area contributed by atoms with Crippen molar-refractivity contribution in [1.29, 1.82) is 0 Å². The van der Waals surface area contributed by atoms with Crippen molar-refractivity contribution in [2.24, 2.45) is 0 Å². The van der Waals surface area contributed by atoms with Crippen molar-refractivity contribution in [3.63, 3.8) is 0 Å². The van der Waals surface area contributed by atoms with Crippen molar-refractivity contribution < 1.29 is 24.1 Å². The second-order valence-corrected chi connectivity index (χ2v) is 9.65. The van der Waals surface area contributed by atoms with Crippen LogP contribution in [0.3, 0.4) is 0 Å². The molecule has 1 aliphatic rings. The maximum Gasteiger partial charge on any atom is 0.203 e. The van der Waals surface area contributed by atoms with Crippen molar-refractivity contribution in [3.8, 4) is 23.0 Å². The van der Waals surface area contributed by atoms with Gasteiger partial charge in [-0.3, -0.25) is 4.79 Å². The predicted octanol–water partition coefficient (Wildman–Crippen LogP) is 4.97. The van der Waals surface area contributed by atoms with E-state index in [1.807, 2.05) is 30.3 Å². The molecule has 25 heavy (non-hydrogen) atoms. The molecule has 3 rings (SSSR count). The van der Waals surface area contributed by atoms with Crippen LogP contribution in [0, 0.1) is 0 Å². The molecule has 0 unspecified atom stereocenters. The largest absolute Gasteiger partial charge is 0.502 e. The van der Waals surface area contributed by atoms with Crippen LogP contribution < -0.4 is 14.2 Å². The van der Waals surface area contributed by atoms with Crippen LogP contribution in [-0.2, 0) is 0 Å². The molecular formula is C17H13Br3O5. The standard InChI is InChI=1S/C17H13Br3O5/c1-23-12-9-13(11(21)14(24-2)10(12)18)25-16(17(19,20)15(9)22)8-6-4-3-5-7-8/h3-7,16,21H,1-2H3/t16-/m0/s1. The molecule has 1 N–H and O–H groups in total. The van der Waals surface area contributed by atoms with Gasteiger partial charge in [-0.1, -0.05) is 62.2 Å². The van der Waals surface area contributed by atoms with E-state index in [2.05, 4.69) is 47.8 Å². The van der Waals surface area contributed by atoms with E-state index in [9.17, 15) is 9.90 Å².